The lowest BCUT2D eigenvalue weighted by molar-refractivity contribution is 0.419. The molecule has 0 atom stereocenters. The molecular weight excluding hydrogens is 387 g/mol. The highest BCUT2D eigenvalue weighted by Crippen LogP contribution is 2.55. The highest BCUT2D eigenvalue weighted by molar-refractivity contribution is 7.95. The fourth-order valence-corrected chi connectivity index (χ4v) is 7.89. The maximum atomic E-state index is 8.44. The van der Waals surface area contributed by atoms with E-state index in [1.54, 1.807) is 0 Å². The molecule has 0 bridgehead atoms. The summed E-state index contributed by atoms with van der Waals surface area (Å²) in [4.78, 5) is 0. The van der Waals surface area contributed by atoms with Crippen molar-refractivity contribution in [2.24, 2.45) is 0 Å². The molecule has 0 unspecified atom stereocenters. The third-order valence-corrected chi connectivity index (χ3v) is 9.21. The van der Waals surface area contributed by atoms with Gasteiger partial charge < -0.3 is 9.11 Å². The second kappa shape index (κ2) is 11.9. The molecule has 0 saturated heterocycles. The third kappa shape index (κ3) is 6.08. The smallest absolute Gasteiger partial charge is 0.112 e. The molecule has 0 saturated carbocycles. The number of hydrogen-bond donors (Lipinski definition) is 0. The lowest BCUT2D eigenvalue weighted by Crippen LogP contribution is -2.33. The molecule has 148 valence electrons. The van der Waals surface area contributed by atoms with Crippen molar-refractivity contribution in [1.82, 2.24) is 0 Å². The predicted octanol–water partition coefficient (Wildman–Crippen LogP) is 4.17. The normalized spacial score (nSPS) is 11.0. The van der Waals surface area contributed by atoms with Gasteiger partial charge in [0.2, 0.25) is 0 Å². The van der Waals surface area contributed by atoms with E-state index in [4.69, 9.17) is 13.3 Å². The summed E-state index contributed by atoms with van der Waals surface area (Å²) in [6, 6.07) is 33.5. The number of benzene rings is 3. The second-order valence-corrected chi connectivity index (χ2v) is 10.5. The van der Waals surface area contributed by atoms with Crippen LogP contribution < -0.4 is 15.9 Å². The van der Waals surface area contributed by atoms with Crippen molar-refractivity contribution in [1.29, 1.82) is 0 Å². The van der Waals surface area contributed by atoms with E-state index in [0.717, 1.165) is 0 Å². The minimum atomic E-state index is -3.11. The van der Waals surface area contributed by atoms with Gasteiger partial charge in [-0.25, -0.2) is 0 Å². The Morgan fingerprint density at radius 2 is 1.00 bits per heavy atom. The molecule has 0 spiro atoms. The Labute approximate surface area is 171 Å². The van der Waals surface area contributed by atoms with Gasteiger partial charge in [-0.15, -0.1) is 11.4 Å². The van der Waals surface area contributed by atoms with Crippen molar-refractivity contribution in [2.75, 3.05) is 6.16 Å². The van der Waals surface area contributed by atoms with E-state index in [-0.39, 0.29) is 0 Å². The van der Waals surface area contributed by atoms with Gasteiger partial charge in [-0.3, -0.25) is 4.21 Å². The lowest BCUT2D eigenvalue weighted by atomic mass is 10.3. The third-order valence-electron chi connectivity index (χ3n) is 4.69. The van der Waals surface area contributed by atoms with Gasteiger partial charge in [0.25, 0.3) is 0 Å². The topological polar surface area (TPSA) is 63.2 Å². The Morgan fingerprint density at radius 1 is 0.679 bits per heavy atom. The van der Waals surface area contributed by atoms with Crippen molar-refractivity contribution < 1.29 is 13.3 Å². The van der Waals surface area contributed by atoms with E-state index in [2.05, 4.69) is 97.9 Å². The molecule has 0 aromatic heterocycles. The van der Waals surface area contributed by atoms with Crippen LogP contribution in [0.1, 0.15) is 26.2 Å². The van der Waals surface area contributed by atoms with E-state index < -0.39 is 18.6 Å². The van der Waals surface area contributed by atoms with Crippen LogP contribution in [0.5, 0.6) is 0 Å². The Balaban J connectivity index is 0.000000640. The van der Waals surface area contributed by atoms with Crippen LogP contribution in [-0.2, 0) is 11.4 Å². The summed E-state index contributed by atoms with van der Waals surface area (Å²) in [6.45, 7) is 2.29. The van der Waals surface area contributed by atoms with E-state index in [1.807, 2.05) is 0 Å². The Kier molecular flexibility index (Phi) is 9.52. The van der Waals surface area contributed by atoms with E-state index in [1.165, 1.54) is 41.3 Å². The molecule has 5 heteroatoms. The number of unbranched alkanes of at least 4 members (excludes halogenated alkanes) is 2. The highest BCUT2D eigenvalue weighted by atomic mass is 32.2. The lowest BCUT2D eigenvalue weighted by Gasteiger charge is -2.27. The van der Waals surface area contributed by atoms with Crippen molar-refractivity contribution in [3.63, 3.8) is 0 Å². The minimum absolute atomic E-state index is 1.25. The summed E-state index contributed by atoms with van der Waals surface area (Å²) in [5.74, 6) is 0. The summed E-state index contributed by atoms with van der Waals surface area (Å²) >= 11 is -3.11. The van der Waals surface area contributed by atoms with Crippen LogP contribution in [0.15, 0.2) is 91.0 Å². The summed E-state index contributed by atoms with van der Waals surface area (Å²) in [7, 11) is -1.58. The molecule has 0 amide bonds. The van der Waals surface area contributed by atoms with Crippen LogP contribution in [0.3, 0.4) is 0 Å². The highest BCUT2D eigenvalue weighted by Gasteiger charge is 2.44. The average Bonchev–Trinajstić information content (AvgIpc) is 2.73. The summed E-state index contributed by atoms with van der Waals surface area (Å²) in [5.41, 5.74) is 0. The molecule has 3 rings (SSSR count). The molecule has 0 radical (unpaired) electrons. The standard InChI is InChI=1S/C23H26P.H2O3S/c1-2-3-13-20-24(21-14-7-4-8-15-21,22-16-9-5-10-17-22)23-18-11-6-12-19-23;1-4(2)3/h4-12,14-19H,2-3,13,20H2,1H3;(H2,1,2,3)/q+1;/p-2. The van der Waals surface area contributed by atoms with Crippen LogP contribution >= 0.6 is 7.26 Å². The Morgan fingerprint density at radius 3 is 1.29 bits per heavy atom. The molecule has 3 aromatic carbocycles. The summed E-state index contributed by atoms with van der Waals surface area (Å²) in [5, 5.41) is 4.50. The molecule has 3 aromatic rings. The van der Waals surface area contributed by atoms with Gasteiger partial charge in [-0.05, 0) is 42.8 Å². The van der Waals surface area contributed by atoms with Gasteiger partial charge in [0.1, 0.15) is 23.2 Å². The fourth-order valence-electron chi connectivity index (χ4n) is 3.48. The molecule has 0 heterocycles. The predicted molar refractivity (Wildman–Crippen MR) is 119 cm³/mol. The Bertz CT molecular complexity index is 726. The SMILES string of the molecule is CCCCC[P+](c1ccccc1)(c1ccccc1)c1ccccc1.O=S([O-])[O-]. The largest absolute Gasteiger partial charge is 0.784 e. The monoisotopic (exact) mass is 413 g/mol. The number of rotatable bonds is 7. The molecule has 0 aliphatic heterocycles. The van der Waals surface area contributed by atoms with Crippen molar-refractivity contribution in [2.45, 2.75) is 26.2 Å². The summed E-state index contributed by atoms with van der Waals surface area (Å²) in [6.07, 6.45) is 5.09. The minimum Gasteiger partial charge on any atom is -0.784 e. The zero-order valence-corrected chi connectivity index (χ0v) is 17.8. The van der Waals surface area contributed by atoms with Crippen LogP contribution in [0.25, 0.3) is 0 Å². The van der Waals surface area contributed by atoms with Gasteiger partial charge in [0.15, 0.2) is 0 Å². The van der Waals surface area contributed by atoms with E-state index in [0.29, 0.717) is 0 Å². The van der Waals surface area contributed by atoms with Crippen LogP contribution in [0, 0.1) is 0 Å². The first kappa shape index (κ1) is 22.4. The van der Waals surface area contributed by atoms with E-state index in [9.17, 15) is 0 Å². The van der Waals surface area contributed by atoms with Gasteiger partial charge >= 0.3 is 0 Å². The molecule has 0 aliphatic carbocycles. The quantitative estimate of drug-likeness (QED) is 0.332. The molecule has 0 N–H and O–H groups in total. The first-order valence-corrected chi connectivity index (χ1v) is 12.4. The maximum absolute atomic E-state index is 8.44. The molecule has 0 fully saturated rings. The van der Waals surface area contributed by atoms with Crippen molar-refractivity contribution >= 4 is 34.5 Å². The van der Waals surface area contributed by atoms with Crippen molar-refractivity contribution in [3.05, 3.63) is 91.0 Å². The molecule has 3 nitrogen and oxygen atoms in total. The van der Waals surface area contributed by atoms with Crippen LogP contribution in [-0.4, -0.2) is 19.5 Å². The number of hydrogen-bond acceptors (Lipinski definition) is 3. The zero-order valence-electron chi connectivity index (χ0n) is 16.1. The Hall–Kier alpha value is -1.84. The second-order valence-electron chi connectivity index (χ2n) is 6.45. The van der Waals surface area contributed by atoms with Gasteiger partial charge in [0, 0.05) is 0 Å². The van der Waals surface area contributed by atoms with E-state index >= 15 is 0 Å². The molecule has 0 aliphatic rings. The maximum Gasteiger partial charge on any atom is 0.112 e. The van der Waals surface area contributed by atoms with Crippen molar-refractivity contribution in [3.8, 4) is 0 Å². The average molecular weight is 413 g/mol. The summed E-state index contributed by atoms with van der Waals surface area (Å²) < 4.78 is 25.3. The fraction of sp³-hybridized carbons (Fsp3) is 0.217. The van der Waals surface area contributed by atoms with Gasteiger partial charge in [-0.2, -0.15) is 0 Å². The van der Waals surface area contributed by atoms with Crippen LogP contribution in [0.2, 0.25) is 0 Å². The molecule has 28 heavy (non-hydrogen) atoms. The van der Waals surface area contributed by atoms with Crippen LogP contribution in [0.4, 0.5) is 0 Å². The van der Waals surface area contributed by atoms with Gasteiger partial charge in [0.05, 0.1) is 6.16 Å². The first-order chi connectivity index (χ1) is 13.6. The molecular formula is C23H26O3PS-. The first-order valence-electron chi connectivity index (χ1n) is 9.43. The van der Waals surface area contributed by atoms with Gasteiger partial charge in [-0.1, -0.05) is 74.4 Å². The zero-order chi connectivity index (χ0) is 20.2.